The van der Waals surface area contributed by atoms with Crippen LogP contribution in [0.2, 0.25) is 0 Å². The predicted molar refractivity (Wildman–Crippen MR) is 81.0 cm³/mol. The summed E-state index contributed by atoms with van der Waals surface area (Å²) in [7, 11) is 0. The van der Waals surface area contributed by atoms with Crippen LogP contribution in [0.5, 0.6) is 11.5 Å². The summed E-state index contributed by atoms with van der Waals surface area (Å²) in [5.74, 6) is 1.51. The normalized spacial score (nSPS) is 14.0. The molecule has 0 radical (unpaired) electrons. The highest BCUT2D eigenvalue weighted by molar-refractivity contribution is 9.09. The van der Waals surface area contributed by atoms with Gasteiger partial charge in [-0.2, -0.15) is 0 Å². The van der Waals surface area contributed by atoms with Crippen molar-refractivity contribution in [2.24, 2.45) is 0 Å². The molecule has 108 valence electrons. The number of hydrogen-bond donors (Lipinski definition) is 0. The minimum Gasteiger partial charge on any atom is -0.454 e. The van der Waals surface area contributed by atoms with Crippen molar-refractivity contribution in [2.75, 3.05) is 6.79 Å². The number of nitro benzene ring substituents is 1. The molecule has 6 heteroatoms. The van der Waals surface area contributed by atoms with Crippen LogP contribution in [0.1, 0.15) is 16.0 Å². The molecule has 21 heavy (non-hydrogen) atoms. The van der Waals surface area contributed by atoms with Crippen LogP contribution in [0, 0.1) is 10.1 Å². The molecule has 0 aliphatic carbocycles. The van der Waals surface area contributed by atoms with Gasteiger partial charge in [-0.15, -0.1) is 0 Å². The Bertz CT molecular complexity index is 672. The van der Waals surface area contributed by atoms with E-state index in [1.165, 1.54) is 12.1 Å². The van der Waals surface area contributed by atoms with Gasteiger partial charge in [0.2, 0.25) is 6.79 Å². The fraction of sp³-hybridized carbons (Fsp3) is 0.200. The average Bonchev–Trinajstić information content (AvgIpc) is 2.95. The Balaban J connectivity index is 1.73. The highest BCUT2D eigenvalue weighted by atomic mass is 79.9. The highest BCUT2D eigenvalue weighted by Crippen LogP contribution is 2.37. The lowest BCUT2D eigenvalue weighted by Crippen LogP contribution is -1.96. The molecule has 1 heterocycles. The topological polar surface area (TPSA) is 61.6 Å². The quantitative estimate of drug-likeness (QED) is 0.475. The SMILES string of the molecule is O=[N+]([O-])c1ccc(CC(Br)c2ccc3c(c2)OCO3)cc1. The summed E-state index contributed by atoms with van der Waals surface area (Å²) < 4.78 is 10.6. The van der Waals surface area contributed by atoms with Gasteiger partial charge in [0, 0.05) is 17.0 Å². The molecule has 1 aliphatic heterocycles. The minimum absolute atomic E-state index is 0.105. The van der Waals surface area contributed by atoms with E-state index >= 15 is 0 Å². The molecule has 0 fully saturated rings. The van der Waals surface area contributed by atoms with Gasteiger partial charge in [0.25, 0.3) is 5.69 Å². The molecule has 0 aromatic heterocycles. The van der Waals surface area contributed by atoms with Gasteiger partial charge in [-0.05, 0) is 29.7 Å². The van der Waals surface area contributed by atoms with Gasteiger partial charge in [0.15, 0.2) is 11.5 Å². The van der Waals surface area contributed by atoms with Crippen molar-refractivity contribution < 1.29 is 14.4 Å². The molecule has 2 aromatic carbocycles. The number of alkyl halides is 1. The lowest BCUT2D eigenvalue weighted by Gasteiger charge is -2.11. The van der Waals surface area contributed by atoms with Crippen molar-refractivity contribution in [1.29, 1.82) is 0 Å². The number of rotatable bonds is 4. The van der Waals surface area contributed by atoms with E-state index in [-0.39, 0.29) is 17.3 Å². The predicted octanol–water partition coefficient (Wildman–Crippen LogP) is 4.00. The first kappa shape index (κ1) is 13.9. The van der Waals surface area contributed by atoms with Crippen LogP contribution >= 0.6 is 15.9 Å². The van der Waals surface area contributed by atoms with Crippen molar-refractivity contribution in [2.45, 2.75) is 11.2 Å². The van der Waals surface area contributed by atoms with Crippen LogP contribution in [0.3, 0.4) is 0 Å². The first-order chi connectivity index (χ1) is 10.1. The third-order valence-electron chi connectivity index (χ3n) is 3.32. The summed E-state index contributed by atoms with van der Waals surface area (Å²) in [5, 5.41) is 10.6. The molecule has 0 bridgehead atoms. The number of fused-ring (bicyclic) bond motifs is 1. The van der Waals surface area contributed by atoms with Gasteiger partial charge in [0.1, 0.15) is 0 Å². The Morgan fingerprint density at radius 1 is 1.14 bits per heavy atom. The van der Waals surface area contributed by atoms with Gasteiger partial charge in [0.05, 0.1) is 4.92 Å². The van der Waals surface area contributed by atoms with Crippen LogP contribution in [0.25, 0.3) is 0 Å². The number of nitro groups is 1. The maximum Gasteiger partial charge on any atom is 0.269 e. The van der Waals surface area contributed by atoms with Crippen LogP contribution in [0.4, 0.5) is 5.69 Å². The van der Waals surface area contributed by atoms with Crippen LogP contribution in [-0.2, 0) is 6.42 Å². The molecule has 1 aliphatic rings. The Kier molecular flexibility index (Phi) is 3.79. The van der Waals surface area contributed by atoms with Gasteiger partial charge < -0.3 is 9.47 Å². The van der Waals surface area contributed by atoms with Crippen molar-refractivity contribution in [3.63, 3.8) is 0 Å². The van der Waals surface area contributed by atoms with Gasteiger partial charge in [-0.1, -0.05) is 34.1 Å². The van der Waals surface area contributed by atoms with E-state index < -0.39 is 4.92 Å². The van der Waals surface area contributed by atoms with Crippen LogP contribution < -0.4 is 9.47 Å². The Morgan fingerprint density at radius 3 is 2.57 bits per heavy atom. The second-order valence-electron chi connectivity index (χ2n) is 4.71. The number of hydrogen-bond acceptors (Lipinski definition) is 4. The molecule has 2 aromatic rings. The van der Waals surface area contributed by atoms with Gasteiger partial charge in [-0.3, -0.25) is 10.1 Å². The smallest absolute Gasteiger partial charge is 0.269 e. The number of halogens is 1. The standard InChI is InChI=1S/C15H12BrNO4/c16-13(7-10-1-4-12(5-2-10)17(18)19)11-3-6-14-15(8-11)21-9-20-14/h1-6,8,13H,7,9H2. The minimum atomic E-state index is -0.396. The Labute approximate surface area is 129 Å². The number of nitrogens with zero attached hydrogens (tertiary/aromatic N) is 1. The molecular formula is C15H12BrNO4. The number of ether oxygens (including phenoxy) is 2. The fourth-order valence-corrected chi connectivity index (χ4v) is 2.85. The number of benzene rings is 2. The molecule has 0 amide bonds. The lowest BCUT2D eigenvalue weighted by atomic mass is 10.0. The van der Waals surface area contributed by atoms with E-state index in [2.05, 4.69) is 15.9 Å². The zero-order valence-electron chi connectivity index (χ0n) is 11.0. The third kappa shape index (κ3) is 3.00. The number of non-ortho nitro benzene ring substituents is 1. The van der Waals surface area contributed by atoms with E-state index in [4.69, 9.17) is 9.47 Å². The molecule has 0 saturated carbocycles. The molecule has 0 N–H and O–H groups in total. The summed E-state index contributed by atoms with van der Waals surface area (Å²) >= 11 is 3.65. The maximum atomic E-state index is 10.6. The first-order valence-corrected chi connectivity index (χ1v) is 7.32. The zero-order valence-corrected chi connectivity index (χ0v) is 12.6. The average molecular weight is 350 g/mol. The second-order valence-corrected chi connectivity index (χ2v) is 5.81. The maximum absolute atomic E-state index is 10.6. The summed E-state index contributed by atoms with van der Waals surface area (Å²) in [6.45, 7) is 0.258. The van der Waals surface area contributed by atoms with Gasteiger partial charge in [-0.25, -0.2) is 0 Å². The lowest BCUT2D eigenvalue weighted by molar-refractivity contribution is -0.384. The van der Waals surface area contributed by atoms with Crippen LogP contribution in [0.15, 0.2) is 42.5 Å². The first-order valence-electron chi connectivity index (χ1n) is 6.40. The van der Waals surface area contributed by atoms with E-state index in [1.54, 1.807) is 12.1 Å². The van der Waals surface area contributed by atoms with Crippen molar-refractivity contribution in [1.82, 2.24) is 0 Å². The summed E-state index contributed by atoms with van der Waals surface area (Å²) in [5.41, 5.74) is 2.21. The highest BCUT2D eigenvalue weighted by Gasteiger charge is 2.17. The van der Waals surface area contributed by atoms with E-state index in [0.717, 1.165) is 29.0 Å². The summed E-state index contributed by atoms with van der Waals surface area (Å²) in [6, 6.07) is 12.4. The van der Waals surface area contributed by atoms with Crippen molar-refractivity contribution >= 4 is 21.6 Å². The zero-order chi connectivity index (χ0) is 14.8. The largest absolute Gasteiger partial charge is 0.454 e. The van der Waals surface area contributed by atoms with Crippen molar-refractivity contribution in [3.05, 3.63) is 63.7 Å². The van der Waals surface area contributed by atoms with E-state index in [9.17, 15) is 10.1 Å². The van der Waals surface area contributed by atoms with Gasteiger partial charge >= 0.3 is 0 Å². The molecule has 3 rings (SSSR count). The molecule has 1 unspecified atom stereocenters. The Hall–Kier alpha value is -2.08. The summed E-state index contributed by atoms with van der Waals surface area (Å²) in [4.78, 5) is 10.3. The third-order valence-corrected chi connectivity index (χ3v) is 4.17. The van der Waals surface area contributed by atoms with Crippen LogP contribution in [-0.4, -0.2) is 11.7 Å². The molecule has 1 atom stereocenters. The molecule has 0 spiro atoms. The molecule has 0 saturated heterocycles. The molecular weight excluding hydrogens is 338 g/mol. The monoisotopic (exact) mass is 349 g/mol. The van der Waals surface area contributed by atoms with E-state index in [1.807, 2.05) is 18.2 Å². The summed E-state index contributed by atoms with van der Waals surface area (Å²) in [6.07, 6.45) is 0.734. The second kappa shape index (κ2) is 5.73. The van der Waals surface area contributed by atoms with Crippen molar-refractivity contribution in [3.8, 4) is 11.5 Å². The molecule has 5 nitrogen and oxygen atoms in total. The Morgan fingerprint density at radius 2 is 1.86 bits per heavy atom. The van der Waals surface area contributed by atoms with E-state index in [0.29, 0.717) is 0 Å². The fourth-order valence-electron chi connectivity index (χ4n) is 2.19.